The zero-order chi connectivity index (χ0) is 18.2. The lowest BCUT2D eigenvalue weighted by Crippen LogP contribution is -2.46. The summed E-state index contributed by atoms with van der Waals surface area (Å²) >= 11 is 0. The fraction of sp³-hybridized carbons (Fsp3) is 0.467. The Morgan fingerprint density at radius 2 is 2.00 bits per heavy atom. The number of imide groups is 1. The number of carboxylic acid groups (broad SMARTS) is 1. The third-order valence-electron chi connectivity index (χ3n) is 4.14. The lowest BCUT2D eigenvalue weighted by Gasteiger charge is -2.32. The van der Waals surface area contributed by atoms with Gasteiger partial charge in [0.15, 0.2) is 5.82 Å². The number of hydrogen-bond donors (Lipinski definition) is 1. The molecule has 1 aliphatic heterocycles. The molecule has 132 valence electrons. The number of amides is 2. The maximum Gasteiger partial charge on any atom is 0.414 e. The van der Waals surface area contributed by atoms with Gasteiger partial charge >= 0.3 is 12.0 Å². The molecule has 0 saturated heterocycles. The molecular weight excluding hydrogens is 340 g/mol. The van der Waals surface area contributed by atoms with Crippen LogP contribution in [0.1, 0.15) is 23.1 Å². The molecule has 3 rings (SSSR count). The number of hydrogen-bond acceptors (Lipinski definition) is 6. The molecule has 1 unspecified atom stereocenters. The molecule has 1 N–H and O–H groups in total. The summed E-state index contributed by atoms with van der Waals surface area (Å²) in [6.07, 6.45) is 4.14. The Bertz CT molecular complexity index is 801. The second-order valence-electron chi connectivity index (χ2n) is 7.26. The van der Waals surface area contributed by atoms with Crippen LogP contribution in [-0.4, -0.2) is 61.4 Å². The minimum atomic E-state index is -1.34. The number of carbonyl (C=O) groups excluding carboxylic acids is 1. The van der Waals surface area contributed by atoms with E-state index in [9.17, 15) is 14.7 Å². The summed E-state index contributed by atoms with van der Waals surface area (Å²) in [5.74, 6) is -0.170. The van der Waals surface area contributed by atoms with Crippen molar-refractivity contribution in [2.24, 2.45) is 0 Å². The molecule has 10 heteroatoms. The van der Waals surface area contributed by atoms with Gasteiger partial charge in [0, 0.05) is 20.5 Å². The van der Waals surface area contributed by atoms with E-state index in [2.05, 4.69) is 39.8 Å². The molecule has 0 radical (unpaired) electrons. The summed E-state index contributed by atoms with van der Waals surface area (Å²) in [4.78, 5) is 33.0. The van der Waals surface area contributed by atoms with Gasteiger partial charge in [0.1, 0.15) is 5.69 Å². The zero-order valence-electron chi connectivity index (χ0n) is 14.4. The Hall–Kier alpha value is -2.62. The number of carbonyl (C=O) groups is 2. The van der Waals surface area contributed by atoms with Gasteiger partial charge in [-0.25, -0.2) is 14.7 Å². The maximum absolute atomic E-state index is 12.4. The van der Waals surface area contributed by atoms with Gasteiger partial charge in [0.25, 0.3) is 0 Å². The quantitative estimate of drug-likeness (QED) is 0.831. The maximum atomic E-state index is 12.4. The lowest BCUT2D eigenvalue weighted by atomic mass is 10.1. The van der Waals surface area contributed by atoms with Gasteiger partial charge < -0.3 is 5.11 Å². The Kier molecular flexibility index (Phi) is 4.37. The second kappa shape index (κ2) is 6.35. The van der Waals surface area contributed by atoms with Crippen LogP contribution in [0.15, 0.2) is 18.6 Å². The summed E-state index contributed by atoms with van der Waals surface area (Å²) in [6, 6.07) is 0.791. The zero-order valence-corrected chi connectivity index (χ0v) is 15.4. The summed E-state index contributed by atoms with van der Waals surface area (Å²) in [6.45, 7) is 6.86. The van der Waals surface area contributed by atoms with Crippen molar-refractivity contribution in [1.29, 1.82) is 0 Å². The molecule has 3 heterocycles. The molecule has 0 bridgehead atoms. The Morgan fingerprint density at radius 3 is 2.60 bits per heavy atom. The van der Waals surface area contributed by atoms with Gasteiger partial charge in [-0.3, -0.25) is 14.3 Å². The highest BCUT2D eigenvalue weighted by Crippen LogP contribution is 2.31. The first kappa shape index (κ1) is 17.2. The van der Waals surface area contributed by atoms with Crippen LogP contribution in [-0.2, 0) is 0 Å². The van der Waals surface area contributed by atoms with E-state index in [4.69, 9.17) is 0 Å². The average Bonchev–Trinajstić information content (AvgIpc) is 2.99. The fourth-order valence-corrected chi connectivity index (χ4v) is 4.05. The Balaban J connectivity index is 2.04. The first-order chi connectivity index (χ1) is 11.8. The minimum Gasteiger partial charge on any atom is -0.465 e. The molecule has 2 amide bonds. The topological polar surface area (TPSA) is 114 Å². The van der Waals surface area contributed by atoms with E-state index in [1.807, 2.05) is 0 Å². The van der Waals surface area contributed by atoms with Gasteiger partial charge in [0.2, 0.25) is 5.82 Å². The van der Waals surface area contributed by atoms with Gasteiger partial charge in [-0.15, -0.1) is 10.2 Å². The standard InChI is InChI=1S/C15H20N6O3Si/c1-25(2,3)7-4-10-9-20(15(23)24)14(22)13-19-18-12(21(10)13)11-8-16-5-6-17-11/h5-6,8,10H,4,7,9H2,1-3H3,(H,23,24). The van der Waals surface area contributed by atoms with Crippen molar-refractivity contribution >= 4 is 20.1 Å². The van der Waals surface area contributed by atoms with Gasteiger partial charge in [-0.2, -0.15) is 0 Å². The van der Waals surface area contributed by atoms with Crippen LogP contribution in [0.2, 0.25) is 25.7 Å². The van der Waals surface area contributed by atoms with Crippen LogP contribution in [0.5, 0.6) is 0 Å². The fourth-order valence-electron chi connectivity index (χ4n) is 2.85. The predicted octanol–water partition coefficient (Wildman–Crippen LogP) is 2.14. The third kappa shape index (κ3) is 3.43. The van der Waals surface area contributed by atoms with Crippen molar-refractivity contribution in [1.82, 2.24) is 29.6 Å². The lowest BCUT2D eigenvalue weighted by molar-refractivity contribution is 0.0650. The smallest absolute Gasteiger partial charge is 0.414 e. The molecule has 1 aliphatic rings. The van der Waals surface area contributed by atoms with E-state index < -0.39 is 20.1 Å². The normalized spacial score (nSPS) is 17.5. The van der Waals surface area contributed by atoms with Crippen LogP contribution in [0.4, 0.5) is 4.79 Å². The molecule has 0 fully saturated rings. The largest absolute Gasteiger partial charge is 0.465 e. The van der Waals surface area contributed by atoms with Crippen LogP contribution < -0.4 is 0 Å². The SMILES string of the molecule is C[Si](C)(C)CCC1CN(C(=O)O)C(=O)c2nnc(-c3cnccn3)n21. The first-order valence-electron chi connectivity index (χ1n) is 8.04. The van der Waals surface area contributed by atoms with E-state index >= 15 is 0 Å². The van der Waals surface area contributed by atoms with Gasteiger partial charge in [-0.05, 0) is 6.42 Å². The van der Waals surface area contributed by atoms with Crippen molar-refractivity contribution in [3.63, 3.8) is 0 Å². The number of rotatable bonds is 4. The number of aromatic nitrogens is 5. The highest BCUT2D eigenvalue weighted by molar-refractivity contribution is 6.76. The molecule has 9 nitrogen and oxygen atoms in total. The van der Waals surface area contributed by atoms with E-state index in [1.165, 1.54) is 0 Å². The second-order valence-corrected chi connectivity index (χ2v) is 12.9. The number of fused-ring (bicyclic) bond motifs is 1. The van der Waals surface area contributed by atoms with Crippen molar-refractivity contribution in [3.05, 3.63) is 24.4 Å². The minimum absolute atomic E-state index is 0.0369. The highest BCUT2D eigenvalue weighted by Gasteiger charge is 2.39. The molecular formula is C15H20N6O3Si. The first-order valence-corrected chi connectivity index (χ1v) is 11.7. The summed E-state index contributed by atoms with van der Waals surface area (Å²) in [5.41, 5.74) is 0.510. The number of nitrogens with zero attached hydrogens (tertiary/aromatic N) is 6. The average molecular weight is 360 g/mol. The Morgan fingerprint density at radius 1 is 1.28 bits per heavy atom. The van der Waals surface area contributed by atoms with E-state index in [0.29, 0.717) is 11.5 Å². The predicted molar refractivity (Wildman–Crippen MR) is 91.9 cm³/mol. The van der Waals surface area contributed by atoms with Crippen molar-refractivity contribution < 1.29 is 14.7 Å². The summed E-state index contributed by atoms with van der Waals surface area (Å²) in [7, 11) is -1.34. The van der Waals surface area contributed by atoms with E-state index in [0.717, 1.165) is 17.4 Å². The molecule has 1 atom stereocenters. The molecule has 0 aliphatic carbocycles. The van der Waals surface area contributed by atoms with Crippen LogP contribution in [0, 0.1) is 0 Å². The molecule has 2 aromatic heterocycles. The monoisotopic (exact) mass is 360 g/mol. The molecule has 0 aromatic carbocycles. The molecule has 2 aromatic rings. The van der Waals surface area contributed by atoms with Crippen LogP contribution >= 0.6 is 0 Å². The van der Waals surface area contributed by atoms with Crippen LogP contribution in [0.3, 0.4) is 0 Å². The highest BCUT2D eigenvalue weighted by atomic mass is 28.3. The van der Waals surface area contributed by atoms with Gasteiger partial charge in [-0.1, -0.05) is 25.7 Å². The Labute approximate surface area is 145 Å². The summed E-state index contributed by atoms with van der Waals surface area (Å²) in [5, 5.41) is 17.4. The third-order valence-corrected chi connectivity index (χ3v) is 5.93. The van der Waals surface area contributed by atoms with Crippen molar-refractivity contribution in [3.8, 4) is 11.5 Å². The van der Waals surface area contributed by atoms with Crippen molar-refractivity contribution in [2.45, 2.75) is 38.1 Å². The van der Waals surface area contributed by atoms with E-state index in [1.54, 1.807) is 23.2 Å². The van der Waals surface area contributed by atoms with Crippen LogP contribution in [0.25, 0.3) is 11.5 Å². The molecule has 25 heavy (non-hydrogen) atoms. The molecule has 0 saturated carbocycles. The summed E-state index contributed by atoms with van der Waals surface area (Å²) < 4.78 is 1.73. The van der Waals surface area contributed by atoms with E-state index in [-0.39, 0.29) is 18.4 Å². The molecule has 0 spiro atoms. The van der Waals surface area contributed by atoms with Gasteiger partial charge in [0.05, 0.1) is 18.8 Å². The van der Waals surface area contributed by atoms with Crippen molar-refractivity contribution in [2.75, 3.05) is 6.54 Å².